The molecular weight excluding hydrogens is 278 g/mol. The molecule has 1 fully saturated rings. The van der Waals surface area contributed by atoms with E-state index in [4.69, 9.17) is 9.84 Å². The van der Waals surface area contributed by atoms with Gasteiger partial charge in [-0.1, -0.05) is 20.8 Å². The van der Waals surface area contributed by atoms with Crippen LogP contribution < -0.4 is 5.32 Å². The summed E-state index contributed by atoms with van der Waals surface area (Å²) in [6.45, 7) is 6.16. The average molecular weight is 297 g/mol. The summed E-state index contributed by atoms with van der Waals surface area (Å²) in [6.07, 6.45) is 0.116. The minimum atomic E-state index is -1.01. The number of thiophene rings is 1. The molecule has 1 aliphatic rings. The van der Waals surface area contributed by atoms with Gasteiger partial charge in [-0.2, -0.15) is 0 Å². The Kier molecular flexibility index (Phi) is 3.88. The van der Waals surface area contributed by atoms with Crippen molar-refractivity contribution in [1.82, 2.24) is 5.32 Å². The molecule has 1 aromatic rings. The van der Waals surface area contributed by atoms with E-state index in [1.54, 1.807) is 13.2 Å². The number of nitrogens with one attached hydrogen (secondary N) is 1. The van der Waals surface area contributed by atoms with Gasteiger partial charge in [-0.05, 0) is 12.1 Å². The van der Waals surface area contributed by atoms with Gasteiger partial charge in [0.05, 0.1) is 11.0 Å². The topological polar surface area (TPSA) is 75.6 Å². The SMILES string of the molecule is COC1C(C)C(NC(=O)c2ccc(C(=O)O)s2)C1(C)C. The van der Waals surface area contributed by atoms with Crippen molar-refractivity contribution < 1.29 is 19.4 Å². The minimum absolute atomic E-state index is 0.0235. The van der Waals surface area contributed by atoms with E-state index in [0.717, 1.165) is 11.3 Å². The third kappa shape index (κ3) is 2.33. The third-order valence-corrected chi connectivity index (χ3v) is 5.19. The van der Waals surface area contributed by atoms with E-state index in [0.29, 0.717) is 4.88 Å². The first kappa shape index (κ1) is 15.0. The van der Waals surface area contributed by atoms with Gasteiger partial charge in [0, 0.05) is 24.5 Å². The average Bonchev–Trinajstić information content (AvgIpc) is 2.85. The molecule has 0 bridgehead atoms. The highest BCUT2D eigenvalue weighted by molar-refractivity contribution is 7.15. The fraction of sp³-hybridized carbons (Fsp3) is 0.571. The van der Waals surface area contributed by atoms with E-state index in [2.05, 4.69) is 19.2 Å². The predicted octanol–water partition coefficient (Wildman–Crippen LogP) is 2.24. The molecule has 0 aromatic carbocycles. The number of hydrogen-bond donors (Lipinski definition) is 2. The van der Waals surface area contributed by atoms with Crippen LogP contribution in [0.15, 0.2) is 12.1 Å². The summed E-state index contributed by atoms with van der Waals surface area (Å²) < 4.78 is 5.44. The van der Waals surface area contributed by atoms with Gasteiger partial charge < -0.3 is 15.2 Å². The molecule has 1 aromatic heterocycles. The zero-order valence-corrected chi connectivity index (χ0v) is 12.8. The molecule has 5 nitrogen and oxygen atoms in total. The van der Waals surface area contributed by atoms with E-state index in [9.17, 15) is 9.59 Å². The molecule has 0 aliphatic heterocycles. The molecule has 2 N–H and O–H groups in total. The summed E-state index contributed by atoms with van der Waals surface area (Å²) >= 11 is 0.991. The van der Waals surface area contributed by atoms with Crippen LogP contribution in [0.4, 0.5) is 0 Å². The highest BCUT2D eigenvalue weighted by Gasteiger charge is 2.55. The monoisotopic (exact) mass is 297 g/mol. The molecule has 3 atom stereocenters. The molecule has 3 unspecified atom stereocenters. The number of ether oxygens (including phenoxy) is 1. The Bertz CT molecular complexity index is 537. The predicted molar refractivity (Wildman–Crippen MR) is 76.3 cm³/mol. The molecule has 20 heavy (non-hydrogen) atoms. The zero-order valence-electron chi connectivity index (χ0n) is 12.0. The van der Waals surface area contributed by atoms with Crippen molar-refractivity contribution in [2.75, 3.05) is 7.11 Å². The Labute approximate surface area is 121 Å². The van der Waals surface area contributed by atoms with E-state index >= 15 is 0 Å². The van der Waals surface area contributed by atoms with Crippen molar-refractivity contribution in [2.24, 2.45) is 11.3 Å². The normalized spacial score (nSPS) is 27.7. The Morgan fingerprint density at radius 1 is 1.35 bits per heavy atom. The van der Waals surface area contributed by atoms with Crippen LogP contribution in [0.2, 0.25) is 0 Å². The number of hydrogen-bond acceptors (Lipinski definition) is 4. The second kappa shape index (κ2) is 5.18. The first-order valence-electron chi connectivity index (χ1n) is 6.45. The lowest BCUT2D eigenvalue weighted by Gasteiger charge is -2.56. The first-order chi connectivity index (χ1) is 9.28. The van der Waals surface area contributed by atoms with Crippen molar-refractivity contribution in [2.45, 2.75) is 32.9 Å². The van der Waals surface area contributed by atoms with Gasteiger partial charge in [-0.25, -0.2) is 4.79 Å². The summed E-state index contributed by atoms with van der Waals surface area (Å²) in [5.41, 5.74) is -0.128. The lowest BCUT2D eigenvalue weighted by atomic mass is 9.58. The molecule has 2 rings (SSSR count). The van der Waals surface area contributed by atoms with E-state index in [1.165, 1.54) is 6.07 Å². The maximum absolute atomic E-state index is 12.2. The van der Waals surface area contributed by atoms with Crippen LogP contribution in [-0.4, -0.2) is 36.2 Å². The lowest BCUT2D eigenvalue weighted by molar-refractivity contribution is -0.141. The largest absolute Gasteiger partial charge is 0.477 e. The maximum Gasteiger partial charge on any atom is 0.345 e. The van der Waals surface area contributed by atoms with Gasteiger partial charge in [-0.3, -0.25) is 4.79 Å². The van der Waals surface area contributed by atoms with Crippen LogP contribution in [0.5, 0.6) is 0 Å². The quantitative estimate of drug-likeness (QED) is 0.893. The molecule has 1 amide bonds. The smallest absolute Gasteiger partial charge is 0.345 e. The Morgan fingerprint density at radius 2 is 1.95 bits per heavy atom. The Morgan fingerprint density at radius 3 is 2.40 bits per heavy atom. The van der Waals surface area contributed by atoms with E-state index in [1.807, 2.05) is 6.92 Å². The Balaban J connectivity index is 2.07. The number of carbonyl (C=O) groups excluding carboxylic acids is 1. The van der Waals surface area contributed by atoms with Crippen LogP contribution in [-0.2, 0) is 4.74 Å². The highest BCUT2D eigenvalue weighted by atomic mass is 32.1. The van der Waals surface area contributed by atoms with Crippen LogP contribution in [0.1, 0.15) is 40.1 Å². The summed E-state index contributed by atoms with van der Waals surface area (Å²) in [5, 5.41) is 11.9. The number of rotatable bonds is 4. The fourth-order valence-electron chi connectivity index (χ4n) is 3.21. The fourth-order valence-corrected chi connectivity index (χ4v) is 3.96. The third-order valence-electron chi connectivity index (χ3n) is 4.12. The maximum atomic E-state index is 12.2. The molecule has 1 heterocycles. The minimum Gasteiger partial charge on any atom is -0.477 e. The molecule has 1 aliphatic carbocycles. The summed E-state index contributed by atoms with van der Waals surface area (Å²) in [7, 11) is 1.68. The van der Waals surface area contributed by atoms with Crippen LogP contribution in [0.25, 0.3) is 0 Å². The second-order valence-electron chi connectivity index (χ2n) is 5.76. The van der Waals surface area contributed by atoms with Gasteiger partial charge in [-0.15, -0.1) is 11.3 Å². The van der Waals surface area contributed by atoms with Crippen molar-refractivity contribution >= 4 is 23.2 Å². The van der Waals surface area contributed by atoms with Crippen molar-refractivity contribution in [3.05, 3.63) is 21.9 Å². The molecule has 110 valence electrons. The van der Waals surface area contributed by atoms with Crippen LogP contribution in [0.3, 0.4) is 0 Å². The van der Waals surface area contributed by atoms with Gasteiger partial charge in [0.25, 0.3) is 5.91 Å². The molecule has 0 saturated heterocycles. The van der Waals surface area contributed by atoms with Crippen LogP contribution in [0, 0.1) is 11.3 Å². The molecule has 0 radical (unpaired) electrons. The van der Waals surface area contributed by atoms with Crippen molar-refractivity contribution in [3.8, 4) is 0 Å². The number of amides is 1. The summed E-state index contributed by atoms with van der Waals surface area (Å²) in [5.74, 6) is -0.995. The molecule has 0 spiro atoms. The summed E-state index contributed by atoms with van der Waals surface area (Å²) in [6, 6.07) is 3.03. The van der Waals surface area contributed by atoms with Crippen LogP contribution >= 0.6 is 11.3 Å². The Hall–Kier alpha value is -1.40. The highest BCUT2D eigenvalue weighted by Crippen LogP contribution is 2.47. The van der Waals surface area contributed by atoms with Gasteiger partial charge in [0.2, 0.25) is 0 Å². The van der Waals surface area contributed by atoms with E-state index in [-0.39, 0.29) is 34.3 Å². The van der Waals surface area contributed by atoms with Gasteiger partial charge in [0.1, 0.15) is 4.88 Å². The standard InChI is InChI=1S/C14H19NO4S/c1-7-10(14(2,3)11(7)19-4)15-12(16)8-5-6-9(20-8)13(17)18/h5-7,10-11H,1-4H3,(H,15,16)(H,17,18). The first-order valence-corrected chi connectivity index (χ1v) is 7.27. The van der Waals surface area contributed by atoms with Crippen molar-refractivity contribution in [3.63, 3.8) is 0 Å². The van der Waals surface area contributed by atoms with Crippen molar-refractivity contribution in [1.29, 1.82) is 0 Å². The molecule has 6 heteroatoms. The number of methoxy groups -OCH3 is 1. The molecular formula is C14H19NO4S. The zero-order chi connectivity index (χ0) is 15.1. The number of carbonyl (C=O) groups is 2. The van der Waals surface area contributed by atoms with E-state index < -0.39 is 5.97 Å². The van der Waals surface area contributed by atoms with Gasteiger partial charge >= 0.3 is 5.97 Å². The van der Waals surface area contributed by atoms with Gasteiger partial charge in [0.15, 0.2) is 0 Å². The number of carboxylic acid groups (broad SMARTS) is 1. The second-order valence-corrected chi connectivity index (χ2v) is 6.84. The summed E-state index contributed by atoms with van der Waals surface area (Å²) in [4.78, 5) is 23.6. The lowest BCUT2D eigenvalue weighted by Crippen LogP contribution is -2.67. The molecule has 1 saturated carbocycles. The number of aromatic carboxylic acids is 1. The number of carboxylic acids is 1.